The first-order chi connectivity index (χ1) is 9.70. The summed E-state index contributed by atoms with van der Waals surface area (Å²) in [7, 11) is -15.6. The van der Waals surface area contributed by atoms with Crippen LogP contribution in [0.1, 0.15) is 18.4 Å². The van der Waals surface area contributed by atoms with Crippen LogP contribution in [0.25, 0.3) is 0 Å². The Morgan fingerprint density at radius 2 is 1.38 bits per heavy atom. The second-order valence-electron chi connectivity index (χ2n) is 4.49. The predicted octanol–water partition coefficient (Wildman–Crippen LogP) is 7.79. The fourth-order valence-electron chi connectivity index (χ4n) is 1.89. The van der Waals surface area contributed by atoms with Gasteiger partial charge in [0.05, 0.1) is 0 Å². The molecule has 0 aromatic heterocycles. The minimum Gasteiger partial charge on any atom is -0.183 e. The minimum absolute atomic E-state index is 0.187. The van der Waals surface area contributed by atoms with Crippen LogP contribution in [-0.2, 0) is 6.42 Å². The topological polar surface area (TPSA) is 37.1 Å². The van der Waals surface area contributed by atoms with E-state index in [1.54, 1.807) is 0 Å². The monoisotopic (exact) mass is 363 g/mol. The molecule has 1 aromatic carbocycles. The van der Waals surface area contributed by atoms with E-state index in [-0.39, 0.29) is 6.42 Å². The summed E-state index contributed by atoms with van der Waals surface area (Å²) in [5.41, 5.74) is 1.02. The number of nitrogens with zero attached hydrogens (tertiary/aromatic N) is 3. The normalized spacial score (nSPS) is 26.3. The van der Waals surface area contributed by atoms with E-state index in [1.807, 2.05) is 34.8 Å². The van der Waals surface area contributed by atoms with Gasteiger partial charge in [0.25, 0.3) is 7.52 Å². The molecule has 1 aliphatic heterocycles. The van der Waals surface area contributed by atoms with Gasteiger partial charge in [-0.1, -0.05) is 30.3 Å². The Balaban J connectivity index is 1.99. The zero-order valence-corrected chi connectivity index (χ0v) is 13.5. The van der Waals surface area contributed by atoms with E-state index >= 15 is 0 Å². The van der Waals surface area contributed by atoms with Crippen LogP contribution in [0.15, 0.2) is 43.9 Å². The van der Waals surface area contributed by atoms with Crippen molar-refractivity contribution in [2.75, 3.05) is 6.16 Å². The molecule has 0 amide bonds. The molecule has 118 valence electrons. The zero-order chi connectivity index (χ0) is 15.6. The van der Waals surface area contributed by atoms with Gasteiger partial charge in [0.1, 0.15) is 0 Å². The number of hydrogen-bond acceptors (Lipinski definition) is 3. The molecule has 1 unspecified atom stereocenters. The zero-order valence-electron chi connectivity index (χ0n) is 10.8. The maximum atomic E-state index is 14.1. The quantitative estimate of drug-likeness (QED) is 0.291. The van der Waals surface area contributed by atoms with Crippen LogP contribution in [0.5, 0.6) is 0 Å². The van der Waals surface area contributed by atoms with Gasteiger partial charge < -0.3 is 0 Å². The fourth-order valence-corrected chi connectivity index (χ4v) is 8.30. The maximum Gasteiger partial charge on any atom is 0.423 e. The smallest absolute Gasteiger partial charge is 0.183 e. The van der Waals surface area contributed by atoms with Crippen LogP contribution in [0, 0.1) is 0 Å². The van der Waals surface area contributed by atoms with Crippen LogP contribution >= 0.6 is 23.2 Å². The molecule has 11 heteroatoms. The van der Waals surface area contributed by atoms with E-state index in [4.69, 9.17) is 0 Å². The molecule has 0 bridgehead atoms. The highest BCUT2D eigenvalue weighted by Gasteiger charge is 2.38. The van der Waals surface area contributed by atoms with Crippen molar-refractivity contribution in [3.05, 3.63) is 35.9 Å². The van der Waals surface area contributed by atoms with Gasteiger partial charge in [0, 0.05) is 6.16 Å². The highest BCUT2D eigenvalue weighted by atomic mass is 31.3. The van der Waals surface area contributed by atoms with Crippen molar-refractivity contribution in [3.8, 4) is 0 Å². The summed E-state index contributed by atoms with van der Waals surface area (Å²) in [4.78, 5) is 0. The average Bonchev–Trinajstić information content (AvgIpc) is 2.31. The maximum absolute atomic E-state index is 14.1. The summed E-state index contributed by atoms with van der Waals surface area (Å²) in [6, 6.07) is 9.32. The van der Waals surface area contributed by atoms with Crippen LogP contribution in [0.3, 0.4) is 0 Å². The summed E-state index contributed by atoms with van der Waals surface area (Å²) in [5, 5.41) is 0. The van der Waals surface area contributed by atoms with Gasteiger partial charge in [-0.05, 0) is 24.8 Å². The standard InChI is InChI=1S/C10H13F5N3P3/c11-19(16-20(12,13)18-21(14,15)17-19)9-5-4-8-10-6-2-1-3-7-10/h1-3,6-7H,4-5,8-9H2. The summed E-state index contributed by atoms with van der Waals surface area (Å²) < 4.78 is 73.5. The first-order valence-corrected chi connectivity index (χ1v) is 10.8. The third-order valence-corrected chi connectivity index (χ3v) is 9.23. The molecule has 1 aliphatic rings. The summed E-state index contributed by atoms with van der Waals surface area (Å²) in [6.07, 6.45) is 0.862. The molecule has 1 aromatic rings. The molecule has 3 nitrogen and oxygen atoms in total. The van der Waals surface area contributed by atoms with Crippen LogP contribution < -0.4 is 0 Å². The highest BCUT2D eigenvalue weighted by molar-refractivity contribution is 7.79. The first kappa shape index (κ1) is 16.9. The summed E-state index contributed by atoms with van der Waals surface area (Å²) in [5.74, 6) is 0. The Hall–Kier alpha value is -0.440. The number of benzene rings is 1. The van der Waals surface area contributed by atoms with Gasteiger partial charge >= 0.3 is 15.7 Å². The van der Waals surface area contributed by atoms with Crippen LogP contribution in [0.4, 0.5) is 21.0 Å². The van der Waals surface area contributed by atoms with E-state index in [1.165, 1.54) is 0 Å². The van der Waals surface area contributed by atoms with Crippen molar-refractivity contribution in [2.24, 2.45) is 13.5 Å². The molecule has 21 heavy (non-hydrogen) atoms. The molecular formula is C10H13F5N3P3. The Morgan fingerprint density at radius 1 is 0.762 bits per heavy atom. The Morgan fingerprint density at radius 3 is 2.00 bits per heavy atom. The van der Waals surface area contributed by atoms with Crippen LogP contribution in [-0.4, -0.2) is 6.16 Å². The Bertz CT molecular complexity index is 656. The number of halogens is 5. The van der Waals surface area contributed by atoms with Crippen molar-refractivity contribution in [2.45, 2.75) is 19.3 Å². The molecule has 0 radical (unpaired) electrons. The van der Waals surface area contributed by atoms with Gasteiger partial charge in [0.15, 0.2) is 0 Å². The molecule has 0 saturated carbocycles. The third-order valence-electron chi connectivity index (χ3n) is 2.71. The number of rotatable bonds is 5. The number of unbranched alkanes of at least 4 members (excludes halogenated alkanes) is 1. The highest BCUT2D eigenvalue weighted by Crippen LogP contribution is 2.81. The molecule has 0 saturated heterocycles. The average molecular weight is 363 g/mol. The second kappa shape index (κ2) is 6.36. The van der Waals surface area contributed by atoms with Crippen molar-refractivity contribution in [1.29, 1.82) is 0 Å². The molecule has 0 spiro atoms. The first-order valence-electron chi connectivity index (χ1n) is 6.13. The second-order valence-corrected chi connectivity index (χ2v) is 10.2. The molecular weight excluding hydrogens is 350 g/mol. The molecule has 0 N–H and O–H groups in total. The molecule has 0 fully saturated rings. The van der Waals surface area contributed by atoms with E-state index in [9.17, 15) is 21.0 Å². The summed E-state index contributed by atoms with van der Waals surface area (Å²) >= 11 is 0. The lowest BCUT2D eigenvalue weighted by Gasteiger charge is -2.16. The number of hydrogen-bond donors (Lipinski definition) is 0. The lowest BCUT2D eigenvalue weighted by Crippen LogP contribution is -1.89. The lowest BCUT2D eigenvalue weighted by molar-refractivity contribution is 0.694. The van der Waals surface area contributed by atoms with E-state index in [0.29, 0.717) is 12.8 Å². The predicted molar refractivity (Wildman–Crippen MR) is 77.8 cm³/mol. The molecule has 1 heterocycles. The SMILES string of the molecule is FP1(F)=NP(F)(F)=NP(F)(CCCCc2ccccc2)=N1. The fraction of sp³-hybridized carbons (Fsp3) is 0.400. The van der Waals surface area contributed by atoms with Gasteiger partial charge in [-0.15, -0.1) is 21.3 Å². The van der Waals surface area contributed by atoms with E-state index < -0.39 is 29.3 Å². The van der Waals surface area contributed by atoms with Crippen molar-refractivity contribution in [1.82, 2.24) is 0 Å². The van der Waals surface area contributed by atoms with Crippen molar-refractivity contribution >= 4 is 23.2 Å². The Kier molecular flexibility index (Phi) is 5.12. The number of aryl methyl sites for hydroxylation is 1. The van der Waals surface area contributed by atoms with Gasteiger partial charge in [-0.3, -0.25) is 0 Å². The molecule has 1 atom stereocenters. The lowest BCUT2D eigenvalue weighted by atomic mass is 10.1. The van der Waals surface area contributed by atoms with Crippen LogP contribution in [0.2, 0.25) is 0 Å². The third kappa shape index (κ3) is 5.36. The molecule has 2 rings (SSSR count). The van der Waals surface area contributed by atoms with Gasteiger partial charge in [0.2, 0.25) is 0 Å². The van der Waals surface area contributed by atoms with Gasteiger partial charge in [-0.25, -0.2) is 0 Å². The molecule has 0 aliphatic carbocycles. The van der Waals surface area contributed by atoms with E-state index in [0.717, 1.165) is 5.56 Å². The minimum atomic E-state index is -5.56. The van der Waals surface area contributed by atoms with Gasteiger partial charge in [-0.2, -0.15) is 13.2 Å². The largest absolute Gasteiger partial charge is 0.423 e. The summed E-state index contributed by atoms with van der Waals surface area (Å²) in [6.45, 7) is 0. The van der Waals surface area contributed by atoms with Crippen molar-refractivity contribution < 1.29 is 21.0 Å². The van der Waals surface area contributed by atoms with Crippen molar-refractivity contribution in [3.63, 3.8) is 0 Å². The Labute approximate surface area is 119 Å². The van der Waals surface area contributed by atoms with E-state index in [2.05, 4.69) is 9.03 Å².